The highest BCUT2D eigenvalue weighted by Gasteiger charge is 2.36. The van der Waals surface area contributed by atoms with E-state index >= 15 is 0 Å². The summed E-state index contributed by atoms with van der Waals surface area (Å²) < 4.78 is 11.0. The Morgan fingerprint density at radius 1 is 1.25 bits per heavy atom. The van der Waals surface area contributed by atoms with Gasteiger partial charge in [0.25, 0.3) is 5.91 Å². The van der Waals surface area contributed by atoms with Gasteiger partial charge in [0, 0.05) is 5.70 Å². The van der Waals surface area contributed by atoms with Crippen molar-refractivity contribution in [1.29, 1.82) is 5.26 Å². The van der Waals surface area contributed by atoms with Crippen LogP contribution in [0.3, 0.4) is 0 Å². The van der Waals surface area contributed by atoms with Gasteiger partial charge in [-0.3, -0.25) is 4.79 Å². The molecule has 1 aliphatic rings. The quantitative estimate of drug-likeness (QED) is 0.435. The number of hydrogen-bond acceptors (Lipinski definition) is 6. The number of thioether (sulfide) groups is 1. The van der Waals surface area contributed by atoms with E-state index < -0.39 is 5.92 Å². The van der Waals surface area contributed by atoms with Crippen LogP contribution in [0.1, 0.15) is 51.2 Å². The third-order valence-electron chi connectivity index (χ3n) is 5.32. The van der Waals surface area contributed by atoms with E-state index in [9.17, 15) is 10.1 Å². The van der Waals surface area contributed by atoms with E-state index in [2.05, 4.69) is 23.6 Å². The van der Waals surface area contributed by atoms with Gasteiger partial charge in [0.1, 0.15) is 11.5 Å². The average molecular weight is 452 g/mol. The molecule has 7 heteroatoms. The molecule has 0 saturated carbocycles. The van der Waals surface area contributed by atoms with Crippen LogP contribution in [0.5, 0.6) is 5.75 Å². The summed E-state index contributed by atoms with van der Waals surface area (Å²) in [6.07, 6.45) is 6.20. The zero-order valence-corrected chi connectivity index (χ0v) is 19.6. The molecule has 1 unspecified atom stereocenters. The first-order valence-electron chi connectivity index (χ1n) is 10.8. The summed E-state index contributed by atoms with van der Waals surface area (Å²) in [5.41, 5.74) is 2.22. The molecule has 2 N–H and O–H groups in total. The van der Waals surface area contributed by atoms with Crippen LogP contribution in [0.2, 0.25) is 0 Å². The number of anilines is 1. The maximum absolute atomic E-state index is 13.4. The van der Waals surface area contributed by atoms with Crippen molar-refractivity contribution in [2.24, 2.45) is 0 Å². The summed E-state index contributed by atoms with van der Waals surface area (Å²) in [7, 11) is 1.56. The van der Waals surface area contributed by atoms with Crippen LogP contribution in [0.25, 0.3) is 0 Å². The van der Waals surface area contributed by atoms with Gasteiger partial charge in [-0.25, -0.2) is 0 Å². The number of nitriles is 1. The summed E-state index contributed by atoms with van der Waals surface area (Å²) >= 11 is 1.63. The number of amides is 1. The molecule has 1 atom stereocenters. The highest BCUT2D eigenvalue weighted by Crippen LogP contribution is 2.41. The average Bonchev–Trinajstić information content (AvgIpc) is 3.33. The largest absolute Gasteiger partial charge is 0.495 e. The molecule has 1 aliphatic heterocycles. The Balaban J connectivity index is 1.91. The molecular formula is C25H29N3O3S. The van der Waals surface area contributed by atoms with Gasteiger partial charge < -0.3 is 19.8 Å². The van der Waals surface area contributed by atoms with Crippen LogP contribution >= 0.6 is 11.8 Å². The van der Waals surface area contributed by atoms with Gasteiger partial charge in [0.05, 0.1) is 47.2 Å². The molecule has 2 aromatic rings. The smallest absolute Gasteiger partial charge is 0.254 e. The summed E-state index contributed by atoms with van der Waals surface area (Å²) in [4.78, 5) is 13.4. The first kappa shape index (κ1) is 23.6. The first-order valence-corrected chi connectivity index (χ1v) is 11.8. The Bertz CT molecular complexity index is 1030. The lowest BCUT2D eigenvalue weighted by Crippen LogP contribution is -2.30. The molecule has 168 valence electrons. The number of methoxy groups -OCH3 is 1. The van der Waals surface area contributed by atoms with E-state index in [1.54, 1.807) is 49.4 Å². The number of allylic oxidation sites excluding steroid dienone is 2. The normalized spacial score (nSPS) is 15.9. The Morgan fingerprint density at radius 2 is 2.06 bits per heavy atom. The third-order valence-corrected chi connectivity index (χ3v) is 6.42. The van der Waals surface area contributed by atoms with Crippen LogP contribution in [-0.4, -0.2) is 18.8 Å². The van der Waals surface area contributed by atoms with E-state index in [1.165, 1.54) is 19.3 Å². The van der Waals surface area contributed by atoms with Crippen molar-refractivity contribution in [2.45, 2.75) is 45.4 Å². The standard InChI is InChI=1S/C25H29N3O3S/c1-4-5-6-9-15-32-25-18(16-26)23(21-13-10-14-31-21)22(17(2)27-25)24(29)28-19-11-7-8-12-20(19)30-3/h7-8,10-14,23,27H,4-6,9,15H2,1-3H3,(H,28,29). The van der Waals surface area contributed by atoms with Crippen LogP contribution in [0.4, 0.5) is 5.69 Å². The fourth-order valence-electron chi connectivity index (χ4n) is 3.71. The molecule has 0 saturated heterocycles. The van der Waals surface area contributed by atoms with Gasteiger partial charge in [-0.1, -0.05) is 38.3 Å². The second kappa shape index (κ2) is 11.5. The number of ether oxygens (including phenoxy) is 1. The summed E-state index contributed by atoms with van der Waals surface area (Å²) in [6, 6.07) is 13.1. The zero-order valence-electron chi connectivity index (χ0n) is 18.7. The summed E-state index contributed by atoms with van der Waals surface area (Å²) in [5.74, 6) is 1.16. The van der Waals surface area contributed by atoms with Crippen LogP contribution in [0, 0.1) is 11.3 Å². The van der Waals surface area contributed by atoms with Gasteiger partial charge in [-0.2, -0.15) is 5.26 Å². The lowest BCUT2D eigenvalue weighted by atomic mass is 9.85. The van der Waals surface area contributed by atoms with E-state index in [0.29, 0.717) is 34.0 Å². The molecule has 2 heterocycles. The molecule has 1 aromatic carbocycles. The Labute approximate surface area is 193 Å². The van der Waals surface area contributed by atoms with E-state index in [4.69, 9.17) is 9.15 Å². The topological polar surface area (TPSA) is 87.3 Å². The number of carbonyl (C=O) groups is 1. The Kier molecular flexibility index (Phi) is 8.46. The maximum Gasteiger partial charge on any atom is 0.254 e. The minimum atomic E-state index is -0.580. The minimum absolute atomic E-state index is 0.305. The van der Waals surface area contributed by atoms with Gasteiger partial charge in [-0.15, -0.1) is 11.8 Å². The van der Waals surface area contributed by atoms with Crippen LogP contribution < -0.4 is 15.4 Å². The van der Waals surface area contributed by atoms with Crippen molar-refractivity contribution >= 4 is 23.4 Å². The van der Waals surface area contributed by atoms with Crippen molar-refractivity contribution in [2.75, 3.05) is 18.2 Å². The number of rotatable bonds is 10. The van der Waals surface area contributed by atoms with E-state index in [1.807, 2.05) is 19.1 Å². The monoisotopic (exact) mass is 451 g/mol. The molecule has 32 heavy (non-hydrogen) atoms. The highest BCUT2D eigenvalue weighted by molar-refractivity contribution is 8.03. The zero-order chi connectivity index (χ0) is 22.9. The SMILES string of the molecule is CCCCCCSC1=C(C#N)C(c2ccco2)C(C(=O)Nc2ccccc2OC)=C(C)N1. The number of nitrogens with zero attached hydrogens (tertiary/aromatic N) is 1. The molecule has 1 aromatic heterocycles. The number of nitrogens with one attached hydrogen (secondary N) is 2. The van der Waals surface area contributed by atoms with Crippen molar-refractivity contribution in [3.63, 3.8) is 0 Å². The van der Waals surface area contributed by atoms with E-state index in [0.717, 1.165) is 17.2 Å². The summed E-state index contributed by atoms with van der Waals surface area (Å²) in [5, 5.41) is 17.1. The van der Waals surface area contributed by atoms with Gasteiger partial charge >= 0.3 is 0 Å². The minimum Gasteiger partial charge on any atom is -0.495 e. The molecule has 3 rings (SSSR count). The van der Waals surface area contributed by atoms with Crippen molar-refractivity contribution in [3.05, 3.63) is 70.3 Å². The number of para-hydroxylation sites is 2. The second-order valence-electron chi connectivity index (χ2n) is 7.53. The van der Waals surface area contributed by atoms with Crippen molar-refractivity contribution in [3.8, 4) is 11.8 Å². The van der Waals surface area contributed by atoms with Crippen LogP contribution in [0.15, 0.2) is 69.0 Å². The van der Waals surface area contributed by atoms with Gasteiger partial charge in [0.15, 0.2) is 0 Å². The van der Waals surface area contributed by atoms with Crippen molar-refractivity contribution in [1.82, 2.24) is 5.32 Å². The summed E-state index contributed by atoms with van der Waals surface area (Å²) in [6.45, 7) is 4.05. The number of unbranched alkanes of at least 4 members (excludes halogenated alkanes) is 3. The number of hydrogen-bond donors (Lipinski definition) is 2. The fourth-order valence-corrected chi connectivity index (χ4v) is 4.80. The number of benzene rings is 1. The molecule has 0 radical (unpaired) electrons. The van der Waals surface area contributed by atoms with E-state index in [-0.39, 0.29) is 5.91 Å². The number of furan rings is 1. The highest BCUT2D eigenvalue weighted by atomic mass is 32.2. The molecular weight excluding hydrogens is 422 g/mol. The number of dihydropyridines is 1. The molecule has 0 bridgehead atoms. The third kappa shape index (κ3) is 5.38. The Morgan fingerprint density at radius 3 is 2.75 bits per heavy atom. The molecule has 0 aliphatic carbocycles. The predicted molar refractivity (Wildman–Crippen MR) is 128 cm³/mol. The molecule has 0 fully saturated rings. The maximum atomic E-state index is 13.4. The molecule has 0 spiro atoms. The second-order valence-corrected chi connectivity index (χ2v) is 8.64. The predicted octanol–water partition coefficient (Wildman–Crippen LogP) is 5.94. The van der Waals surface area contributed by atoms with Crippen molar-refractivity contribution < 1.29 is 13.9 Å². The molecule has 1 amide bonds. The van der Waals surface area contributed by atoms with Gasteiger partial charge in [-0.05, 0) is 43.4 Å². The first-order chi connectivity index (χ1) is 15.6. The lowest BCUT2D eigenvalue weighted by Gasteiger charge is -2.28. The van der Waals surface area contributed by atoms with Gasteiger partial charge in [0.2, 0.25) is 0 Å². The fraction of sp³-hybridized carbons (Fsp3) is 0.360. The number of carbonyl (C=O) groups excluding carboxylic acids is 1. The Hall–Kier alpha value is -3.11. The molecule has 6 nitrogen and oxygen atoms in total. The lowest BCUT2D eigenvalue weighted by molar-refractivity contribution is -0.113. The van der Waals surface area contributed by atoms with Crippen LogP contribution in [-0.2, 0) is 4.79 Å².